The van der Waals surface area contributed by atoms with Crippen LogP contribution in [0, 0.1) is 10.1 Å². The second-order valence-electron chi connectivity index (χ2n) is 6.81. The Labute approximate surface area is 187 Å². The summed E-state index contributed by atoms with van der Waals surface area (Å²) < 4.78 is 27.1. The van der Waals surface area contributed by atoms with Gasteiger partial charge >= 0.3 is 0 Å². The van der Waals surface area contributed by atoms with Crippen molar-refractivity contribution >= 4 is 51.0 Å². The van der Waals surface area contributed by atoms with E-state index in [9.17, 15) is 18.5 Å². The van der Waals surface area contributed by atoms with Crippen molar-refractivity contribution in [3.8, 4) is 0 Å². The van der Waals surface area contributed by atoms with Crippen LogP contribution < -0.4 is 0 Å². The summed E-state index contributed by atoms with van der Waals surface area (Å²) in [5.41, 5.74) is -0.288. The molecule has 1 aliphatic rings. The van der Waals surface area contributed by atoms with E-state index in [1.54, 1.807) is 17.4 Å². The summed E-state index contributed by atoms with van der Waals surface area (Å²) in [7, 11) is -3.76. The maximum absolute atomic E-state index is 12.9. The first-order valence-corrected chi connectivity index (χ1v) is 12.7. The molecular formula is C19H19N5O4S3. The molecule has 1 N–H and O–H groups in total. The second-order valence-corrected chi connectivity index (χ2v) is 10.7. The summed E-state index contributed by atoms with van der Waals surface area (Å²) in [5.74, 6) is 0.517. The Hall–Kier alpha value is -2.54. The van der Waals surface area contributed by atoms with Crippen LogP contribution in [0.3, 0.4) is 0 Å². The van der Waals surface area contributed by atoms with Crippen LogP contribution in [0.4, 0.5) is 5.69 Å². The van der Waals surface area contributed by atoms with Crippen LogP contribution in [-0.2, 0) is 10.0 Å². The van der Waals surface area contributed by atoms with Crippen LogP contribution in [-0.4, -0.2) is 45.9 Å². The highest BCUT2D eigenvalue weighted by Gasteiger charge is 2.29. The first-order valence-electron chi connectivity index (χ1n) is 9.54. The number of nitro groups is 1. The molecule has 0 atom stereocenters. The molecule has 0 spiro atoms. The Balaban J connectivity index is 1.56. The number of hydrogen-bond donors (Lipinski definition) is 1. The van der Waals surface area contributed by atoms with Crippen LogP contribution in [0.1, 0.15) is 30.0 Å². The minimum Gasteiger partial charge on any atom is -0.259 e. The molecule has 1 aromatic carbocycles. The number of benzene rings is 1. The van der Waals surface area contributed by atoms with Gasteiger partial charge in [-0.2, -0.15) is 4.31 Å². The van der Waals surface area contributed by atoms with Crippen LogP contribution in [0.25, 0.3) is 12.2 Å². The molecule has 9 nitrogen and oxygen atoms in total. The van der Waals surface area contributed by atoms with Gasteiger partial charge in [0.15, 0.2) is 0 Å². The highest BCUT2D eigenvalue weighted by molar-refractivity contribution is 7.99. The van der Waals surface area contributed by atoms with E-state index < -0.39 is 14.9 Å². The van der Waals surface area contributed by atoms with Gasteiger partial charge in [0.1, 0.15) is 5.82 Å². The molecule has 0 unspecified atom stereocenters. The lowest BCUT2D eigenvalue weighted by Crippen LogP contribution is -2.35. The molecule has 3 heterocycles. The first-order chi connectivity index (χ1) is 14.9. The SMILES string of the molecule is O=[N+]([O-])c1cc(S(=O)(=O)N2CCCCC2)ccc1Sc1n[nH]c(/C=C/c2cccs2)n1. The Morgan fingerprint density at radius 1 is 1.19 bits per heavy atom. The number of nitrogens with one attached hydrogen (secondary N) is 1. The summed E-state index contributed by atoms with van der Waals surface area (Å²) in [4.78, 5) is 16.6. The smallest absolute Gasteiger partial charge is 0.259 e. The lowest BCUT2D eigenvalue weighted by atomic mass is 10.2. The quantitative estimate of drug-likeness (QED) is 0.398. The van der Waals surface area contributed by atoms with Crippen molar-refractivity contribution in [1.82, 2.24) is 19.5 Å². The number of H-pyrrole nitrogens is 1. The van der Waals surface area contributed by atoms with E-state index in [1.165, 1.54) is 16.4 Å². The predicted octanol–water partition coefficient (Wildman–Crippen LogP) is 4.27. The van der Waals surface area contributed by atoms with Crippen molar-refractivity contribution < 1.29 is 13.3 Å². The summed E-state index contributed by atoms with van der Waals surface area (Å²) >= 11 is 2.60. The molecule has 0 radical (unpaired) electrons. The van der Waals surface area contributed by atoms with Gasteiger partial charge in [-0.05, 0) is 60.3 Å². The van der Waals surface area contributed by atoms with Gasteiger partial charge in [0, 0.05) is 24.0 Å². The molecule has 4 rings (SSSR count). The number of hydrogen-bond acceptors (Lipinski definition) is 8. The molecule has 0 saturated carbocycles. The van der Waals surface area contributed by atoms with Crippen molar-refractivity contribution in [2.24, 2.45) is 0 Å². The molecule has 1 fully saturated rings. The summed E-state index contributed by atoms with van der Waals surface area (Å²) in [6, 6.07) is 7.88. The van der Waals surface area contributed by atoms with E-state index in [0.717, 1.165) is 42.0 Å². The second kappa shape index (κ2) is 9.30. The van der Waals surface area contributed by atoms with Gasteiger partial charge < -0.3 is 0 Å². The van der Waals surface area contributed by atoms with Gasteiger partial charge in [0.25, 0.3) is 5.69 Å². The van der Waals surface area contributed by atoms with Crippen molar-refractivity contribution in [3.63, 3.8) is 0 Å². The van der Waals surface area contributed by atoms with E-state index in [-0.39, 0.29) is 15.5 Å². The van der Waals surface area contributed by atoms with E-state index in [1.807, 2.05) is 23.6 Å². The van der Waals surface area contributed by atoms with Crippen LogP contribution >= 0.6 is 23.1 Å². The molecule has 0 amide bonds. The van der Waals surface area contributed by atoms with Crippen LogP contribution in [0.5, 0.6) is 0 Å². The predicted molar refractivity (Wildman–Crippen MR) is 119 cm³/mol. The standard InChI is InChI=1S/C19H19N5O4S3/c25-24(26)16-13-15(31(27,28)23-10-2-1-3-11-23)7-8-17(16)30-19-20-18(21-22-19)9-6-14-5-4-12-29-14/h4-9,12-13H,1-3,10-11H2,(H,20,21,22)/b9-6+. The molecule has 0 aliphatic carbocycles. The van der Waals surface area contributed by atoms with Gasteiger partial charge in [-0.15, -0.1) is 16.4 Å². The van der Waals surface area contributed by atoms with Crippen molar-refractivity contribution in [2.75, 3.05) is 13.1 Å². The van der Waals surface area contributed by atoms with Gasteiger partial charge in [-0.3, -0.25) is 15.2 Å². The number of piperidine rings is 1. The molecule has 162 valence electrons. The lowest BCUT2D eigenvalue weighted by Gasteiger charge is -2.25. The number of aromatic amines is 1. The monoisotopic (exact) mass is 477 g/mol. The number of aromatic nitrogens is 3. The Kier molecular flexibility index (Phi) is 6.51. The zero-order chi connectivity index (χ0) is 21.8. The molecule has 31 heavy (non-hydrogen) atoms. The summed E-state index contributed by atoms with van der Waals surface area (Å²) in [5, 5.41) is 20.8. The number of sulfonamides is 1. The zero-order valence-corrected chi connectivity index (χ0v) is 18.8. The molecule has 2 aromatic heterocycles. The Morgan fingerprint density at radius 2 is 2.00 bits per heavy atom. The number of rotatable bonds is 7. The van der Waals surface area contributed by atoms with Crippen molar-refractivity contribution in [2.45, 2.75) is 34.2 Å². The van der Waals surface area contributed by atoms with Crippen LogP contribution in [0.2, 0.25) is 0 Å². The lowest BCUT2D eigenvalue weighted by molar-refractivity contribution is -0.388. The van der Waals surface area contributed by atoms with Crippen LogP contribution in [0.15, 0.2) is 50.7 Å². The number of thiophene rings is 1. The fraction of sp³-hybridized carbons (Fsp3) is 0.263. The number of nitro benzene ring substituents is 1. The Bertz CT molecular complexity index is 1200. The molecule has 12 heteroatoms. The number of nitrogens with zero attached hydrogens (tertiary/aromatic N) is 4. The summed E-state index contributed by atoms with van der Waals surface area (Å²) in [6.07, 6.45) is 6.24. The average Bonchev–Trinajstić information content (AvgIpc) is 3.45. The first kappa shape index (κ1) is 21.7. The van der Waals surface area contributed by atoms with Gasteiger partial charge in [0.05, 0.1) is 14.7 Å². The third kappa shape index (κ3) is 5.03. The third-order valence-electron chi connectivity index (χ3n) is 4.71. The average molecular weight is 478 g/mol. The zero-order valence-electron chi connectivity index (χ0n) is 16.3. The topological polar surface area (TPSA) is 122 Å². The van der Waals surface area contributed by atoms with E-state index in [0.29, 0.717) is 24.1 Å². The van der Waals surface area contributed by atoms with E-state index in [4.69, 9.17) is 0 Å². The maximum atomic E-state index is 12.9. The normalized spacial score (nSPS) is 15.5. The van der Waals surface area contributed by atoms with Gasteiger partial charge in [-0.1, -0.05) is 12.5 Å². The Morgan fingerprint density at radius 3 is 2.71 bits per heavy atom. The molecule has 1 saturated heterocycles. The van der Waals surface area contributed by atoms with Gasteiger partial charge in [0.2, 0.25) is 15.2 Å². The molecule has 1 aliphatic heterocycles. The fourth-order valence-corrected chi connectivity index (χ4v) is 6.13. The van der Waals surface area contributed by atoms with E-state index >= 15 is 0 Å². The highest BCUT2D eigenvalue weighted by atomic mass is 32.2. The molecular weight excluding hydrogens is 458 g/mol. The minimum atomic E-state index is -3.76. The van der Waals surface area contributed by atoms with Gasteiger partial charge in [-0.25, -0.2) is 13.4 Å². The maximum Gasteiger partial charge on any atom is 0.284 e. The van der Waals surface area contributed by atoms with Crippen molar-refractivity contribution in [1.29, 1.82) is 0 Å². The van der Waals surface area contributed by atoms with E-state index in [2.05, 4.69) is 15.2 Å². The van der Waals surface area contributed by atoms with Crippen molar-refractivity contribution in [3.05, 3.63) is 56.5 Å². The minimum absolute atomic E-state index is 0.0694. The third-order valence-corrected chi connectivity index (χ3v) is 8.37. The highest BCUT2D eigenvalue weighted by Crippen LogP contribution is 2.35. The molecule has 0 bridgehead atoms. The molecule has 3 aromatic rings. The largest absolute Gasteiger partial charge is 0.284 e. The fourth-order valence-electron chi connectivity index (χ4n) is 3.16. The summed E-state index contributed by atoms with van der Waals surface area (Å²) in [6.45, 7) is 0.872.